The van der Waals surface area contributed by atoms with Gasteiger partial charge in [-0.3, -0.25) is 4.79 Å². The summed E-state index contributed by atoms with van der Waals surface area (Å²) in [5.74, 6) is -1.29. The van der Waals surface area contributed by atoms with Crippen molar-refractivity contribution >= 4 is 29.2 Å². The van der Waals surface area contributed by atoms with Crippen molar-refractivity contribution in [2.24, 2.45) is 0 Å². The summed E-state index contributed by atoms with van der Waals surface area (Å²) in [7, 11) is 0. The summed E-state index contributed by atoms with van der Waals surface area (Å²) in [6, 6.07) is 6.59. The van der Waals surface area contributed by atoms with Crippen LogP contribution in [0.5, 0.6) is 0 Å². The Morgan fingerprint density at radius 1 is 1.33 bits per heavy atom. The minimum Gasteiger partial charge on any atom is -0.454 e. The summed E-state index contributed by atoms with van der Waals surface area (Å²) in [6.45, 7) is 1.17. The van der Waals surface area contributed by atoms with Gasteiger partial charge in [0, 0.05) is 0 Å². The first kappa shape index (κ1) is 15.1. The van der Waals surface area contributed by atoms with Gasteiger partial charge in [-0.1, -0.05) is 11.6 Å². The molecule has 0 aliphatic carbocycles. The first-order chi connectivity index (χ1) is 9.95. The highest BCUT2D eigenvalue weighted by molar-refractivity contribution is 6.33. The molecule has 1 heterocycles. The van der Waals surface area contributed by atoms with Gasteiger partial charge < -0.3 is 14.5 Å². The summed E-state index contributed by atoms with van der Waals surface area (Å²) < 4.78 is 22.7. The van der Waals surface area contributed by atoms with Crippen molar-refractivity contribution in [2.75, 3.05) is 11.9 Å². The zero-order chi connectivity index (χ0) is 15.4. The highest BCUT2D eigenvalue weighted by Crippen LogP contribution is 2.22. The molecule has 0 atom stereocenters. The van der Waals surface area contributed by atoms with E-state index in [-0.39, 0.29) is 16.5 Å². The van der Waals surface area contributed by atoms with Crippen LogP contribution in [-0.4, -0.2) is 18.5 Å². The van der Waals surface area contributed by atoms with Gasteiger partial charge in [0.15, 0.2) is 6.61 Å². The van der Waals surface area contributed by atoms with Gasteiger partial charge in [-0.2, -0.15) is 0 Å². The number of hydrogen-bond donors (Lipinski definition) is 1. The number of nitrogens with one attached hydrogen (secondary N) is 1. The SMILES string of the molecule is Cc1ccc(C(=O)OCC(=O)Nc2ccc(F)cc2Cl)o1. The number of anilines is 1. The largest absolute Gasteiger partial charge is 0.454 e. The van der Waals surface area contributed by atoms with Crippen molar-refractivity contribution in [2.45, 2.75) is 6.92 Å². The van der Waals surface area contributed by atoms with E-state index in [1.165, 1.54) is 12.1 Å². The van der Waals surface area contributed by atoms with Crippen molar-refractivity contribution in [3.05, 3.63) is 52.7 Å². The molecular formula is C14H11ClFNO4. The molecule has 1 aromatic heterocycles. The van der Waals surface area contributed by atoms with Crippen molar-refractivity contribution < 1.29 is 23.1 Å². The summed E-state index contributed by atoms with van der Waals surface area (Å²) in [4.78, 5) is 23.2. The molecule has 1 amide bonds. The van der Waals surface area contributed by atoms with Gasteiger partial charge in [-0.05, 0) is 37.3 Å². The van der Waals surface area contributed by atoms with Crippen LogP contribution in [-0.2, 0) is 9.53 Å². The van der Waals surface area contributed by atoms with Crippen molar-refractivity contribution in [3.63, 3.8) is 0 Å². The number of halogens is 2. The maximum atomic E-state index is 12.9. The highest BCUT2D eigenvalue weighted by Gasteiger charge is 2.14. The summed E-state index contributed by atoms with van der Waals surface area (Å²) >= 11 is 5.76. The molecule has 1 aromatic carbocycles. The van der Waals surface area contributed by atoms with Crippen LogP contribution in [0.15, 0.2) is 34.7 Å². The number of benzene rings is 1. The summed E-state index contributed by atoms with van der Waals surface area (Å²) in [6.07, 6.45) is 0. The van der Waals surface area contributed by atoms with Gasteiger partial charge in [0.25, 0.3) is 5.91 Å². The number of esters is 1. The van der Waals surface area contributed by atoms with E-state index in [1.54, 1.807) is 13.0 Å². The predicted octanol–water partition coefficient (Wildman–Crippen LogP) is 3.18. The minimum atomic E-state index is -0.747. The second-order valence-electron chi connectivity index (χ2n) is 4.16. The standard InChI is InChI=1S/C14H11ClFNO4/c1-8-2-5-12(21-8)14(19)20-7-13(18)17-11-4-3-9(16)6-10(11)15/h2-6H,7H2,1H3,(H,17,18). The fourth-order valence-corrected chi connectivity index (χ4v) is 1.74. The third kappa shape index (κ3) is 4.06. The summed E-state index contributed by atoms with van der Waals surface area (Å²) in [5, 5.41) is 2.46. The minimum absolute atomic E-state index is 0.0140. The molecular weight excluding hydrogens is 301 g/mol. The Kier molecular flexibility index (Phi) is 4.59. The van der Waals surface area contributed by atoms with Gasteiger partial charge in [0.05, 0.1) is 10.7 Å². The molecule has 2 rings (SSSR count). The molecule has 7 heteroatoms. The molecule has 0 bridgehead atoms. The Morgan fingerprint density at radius 2 is 2.10 bits per heavy atom. The fourth-order valence-electron chi connectivity index (χ4n) is 1.52. The van der Waals surface area contributed by atoms with E-state index in [4.69, 9.17) is 20.8 Å². The first-order valence-electron chi connectivity index (χ1n) is 5.94. The number of carbonyl (C=O) groups is 2. The number of amides is 1. The molecule has 0 aliphatic heterocycles. The lowest BCUT2D eigenvalue weighted by Gasteiger charge is -2.07. The van der Waals surface area contributed by atoms with Gasteiger partial charge >= 0.3 is 5.97 Å². The Hall–Kier alpha value is -2.34. The third-order valence-electron chi connectivity index (χ3n) is 2.48. The average Bonchev–Trinajstić information content (AvgIpc) is 2.86. The molecule has 0 unspecified atom stereocenters. The second-order valence-corrected chi connectivity index (χ2v) is 4.57. The van der Waals surface area contributed by atoms with Crippen LogP contribution >= 0.6 is 11.6 Å². The molecule has 21 heavy (non-hydrogen) atoms. The maximum Gasteiger partial charge on any atom is 0.374 e. The lowest BCUT2D eigenvalue weighted by atomic mass is 10.3. The zero-order valence-corrected chi connectivity index (χ0v) is 11.7. The van der Waals surface area contributed by atoms with Gasteiger partial charge in [0.2, 0.25) is 5.76 Å². The van der Waals surface area contributed by atoms with Crippen LogP contribution < -0.4 is 5.32 Å². The van der Waals surface area contributed by atoms with E-state index in [0.717, 1.165) is 12.1 Å². The van der Waals surface area contributed by atoms with Gasteiger partial charge in [-0.25, -0.2) is 9.18 Å². The van der Waals surface area contributed by atoms with E-state index in [1.807, 2.05) is 0 Å². The van der Waals surface area contributed by atoms with Crippen LogP contribution in [0, 0.1) is 12.7 Å². The number of aryl methyl sites for hydroxylation is 1. The second kappa shape index (κ2) is 6.41. The topological polar surface area (TPSA) is 68.5 Å². The van der Waals surface area contributed by atoms with Crippen LogP contribution in [0.2, 0.25) is 5.02 Å². The normalized spacial score (nSPS) is 10.2. The Morgan fingerprint density at radius 3 is 2.71 bits per heavy atom. The smallest absolute Gasteiger partial charge is 0.374 e. The molecule has 5 nitrogen and oxygen atoms in total. The van der Waals surface area contributed by atoms with Crippen molar-refractivity contribution in [3.8, 4) is 0 Å². The van der Waals surface area contributed by atoms with Crippen LogP contribution in [0.1, 0.15) is 16.3 Å². The Bertz CT molecular complexity index is 683. The number of ether oxygens (including phenoxy) is 1. The van der Waals surface area contributed by atoms with Crippen LogP contribution in [0.4, 0.5) is 10.1 Å². The lowest BCUT2D eigenvalue weighted by Crippen LogP contribution is -2.21. The molecule has 0 radical (unpaired) electrons. The number of carbonyl (C=O) groups excluding carboxylic acids is 2. The maximum absolute atomic E-state index is 12.9. The fraction of sp³-hybridized carbons (Fsp3) is 0.143. The van der Waals surface area contributed by atoms with Crippen LogP contribution in [0.3, 0.4) is 0 Å². The van der Waals surface area contributed by atoms with Crippen LogP contribution in [0.25, 0.3) is 0 Å². The number of hydrogen-bond acceptors (Lipinski definition) is 4. The molecule has 0 saturated carbocycles. The third-order valence-corrected chi connectivity index (χ3v) is 2.79. The van der Waals surface area contributed by atoms with E-state index < -0.39 is 24.3 Å². The molecule has 0 spiro atoms. The van der Waals surface area contributed by atoms with Crippen molar-refractivity contribution in [1.82, 2.24) is 0 Å². The van der Waals surface area contributed by atoms with Gasteiger partial charge in [-0.15, -0.1) is 0 Å². The Balaban J connectivity index is 1.89. The van der Waals surface area contributed by atoms with E-state index in [2.05, 4.69) is 5.32 Å². The zero-order valence-electron chi connectivity index (χ0n) is 11.0. The summed E-state index contributed by atoms with van der Waals surface area (Å²) in [5.41, 5.74) is 0.230. The average molecular weight is 312 g/mol. The van der Waals surface area contributed by atoms with E-state index in [9.17, 15) is 14.0 Å². The quantitative estimate of drug-likeness (QED) is 0.881. The molecule has 2 aromatic rings. The molecule has 110 valence electrons. The monoisotopic (exact) mass is 311 g/mol. The molecule has 0 saturated heterocycles. The molecule has 0 fully saturated rings. The van der Waals surface area contributed by atoms with E-state index >= 15 is 0 Å². The van der Waals surface area contributed by atoms with Gasteiger partial charge in [0.1, 0.15) is 11.6 Å². The van der Waals surface area contributed by atoms with E-state index in [0.29, 0.717) is 5.76 Å². The van der Waals surface area contributed by atoms with Crippen molar-refractivity contribution in [1.29, 1.82) is 0 Å². The first-order valence-corrected chi connectivity index (χ1v) is 6.32. The Labute approximate surface area is 124 Å². The number of furan rings is 1. The lowest BCUT2D eigenvalue weighted by molar-refractivity contribution is -0.119. The number of rotatable bonds is 4. The predicted molar refractivity (Wildman–Crippen MR) is 73.8 cm³/mol. The molecule has 0 aliphatic rings. The highest BCUT2D eigenvalue weighted by atomic mass is 35.5. The molecule has 1 N–H and O–H groups in total.